The van der Waals surface area contributed by atoms with Crippen molar-refractivity contribution in [2.24, 2.45) is 0 Å². The summed E-state index contributed by atoms with van der Waals surface area (Å²) in [6.45, 7) is 3.83. The van der Waals surface area contributed by atoms with Crippen LogP contribution < -0.4 is 0 Å². The normalized spacial score (nSPS) is 12.9. The van der Waals surface area contributed by atoms with Gasteiger partial charge in [0.1, 0.15) is 18.1 Å². The highest BCUT2D eigenvalue weighted by Gasteiger charge is 2.16. The number of aliphatic hydroxyl groups excluding tert-OH is 1. The molecule has 0 aliphatic heterocycles. The lowest BCUT2D eigenvalue weighted by molar-refractivity contribution is 0.153. The highest BCUT2D eigenvalue weighted by molar-refractivity contribution is 5.51. The molecule has 0 fully saturated rings. The van der Waals surface area contributed by atoms with Gasteiger partial charge in [0.2, 0.25) is 5.82 Å². The maximum atomic E-state index is 9.68. The number of furan rings is 1. The van der Waals surface area contributed by atoms with Gasteiger partial charge in [-0.3, -0.25) is 0 Å². The zero-order valence-electron chi connectivity index (χ0n) is 9.30. The summed E-state index contributed by atoms with van der Waals surface area (Å²) in [5.74, 6) is 1.49. The molecule has 0 radical (unpaired) electrons. The van der Waals surface area contributed by atoms with Crippen LogP contribution in [0.1, 0.15) is 37.5 Å². The van der Waals surface area contributed by atoms with Crippen molar-refractivity contribution in [1.29, 1.82) is 0 Å². The van der Waals surface area contributed by atoms with E-state index in [2.05, 4.69) is 10.1 Å². The predicted octanol–water partition coefficient (Wildman–Crippen LogP) is 2.47. The minimum absolute atomic E-state index is 0.329. The lowest BCUT2D eigenvalue weighted by Gasteiger charge is -2.00. The maximum Gasteiger partial charge on any atom is 0.261 e. The molecule has 0 bridgehead atoms. The molecule has 0 aromatic carbocycles. The summed E-state index contributed by atoms with van der Waals surface area (Å²) in [5, 5.41) is 13.4. The lowest BCUT2D eigenvalue weighted by atomic mass is 10.2. The molecule has 0 aliphatic rings. The zero-order valence-corrected chi connectivity index (χ0v) is 9.30. The molecule has 5 nitrogen and oxygen atoms in total. The van der Waals surface area contributed by atoms with Crippen LogP contribution >= 0.6 is 0 Å². The van der Waals surface area contributed by atoms with Gasteiger partial charge in [-0.05, 0) is 19.4 Å². The van der Waals surface area contributed by atoms with Gasteiger partial charge >= 0.3 is 0 Å². The van der Waals surface area contributed by atoms with Crippen molar-refractivity contribution in [3.63, 3.8) is 0 Å². The first kappa shape index (κ1) is 10.9. The Kier molecular flexibility index (Phi) is 3.05. The molecule has 2 aromatic rings. The molecule has 0 amide bonds. The van der Waals surface area contributed by atoms with Crippen LogP contribution in [0.15, 0.2) is 21.3 Å². The molecule has 0 saturated carbocycles. The van der Waals surface area contributed by atoms with E-state index in [4.69, 9.17) is 8.94 Å². The third-order valence-electron chi connectivity index (χ3n) is 2.28. The highest BCUT2D eigenvalue weighted by atomic mass is 16.5. The van der Waals surface area contributed by atoms with E-state index in [0.717, 1.165) is 17.7 Å². The second-order valence-electron chi connectivity index (χ2n) is 3.71. The average molecular weight is 222 g/mol. The summed E-state index contributed by atoms with van der Waals surface area (Å²) in [4.78, 5) is 4.12. The van der Waals surface area contributed by atoms with Crippen molar-refractivity contribution < 1.29 is 14.0 Å². The van der Waals surface area contributed by atoms with Gasteiger partial charge in [0.25, 0.3) is 5.89 Å². The van der Waals surface area contributed by atoms with E-state index in [0.29, 0.717) is 18.1 Å². The van der Waals surface area contributed by atoms with E-state index >= 15 is 0 Å². The Labute approximate surface area is 93.1 Å². The Bertz CT molecular complexity index is 461. The topological polar surface area (TPSA) is 72.3 Å². The molecule has 1 unspecified atom stereocenters. The first-order chi connectivity index (χ1) is 7.70. The van der Waals surface area contributed by atoms with Crippen LogP contribution in [0.4, 0.5) is 0 Å². The predicted molar refractivity (Wildman–Crippen MR) is 56.6 cm³/mol. The summed E-state index contributed by atoms with van der Waals surface area (Å²) in [5.41, 5.74) is 0.736. The molecular formula is C11H14N2O3. The number of aromatic nitrogens is 2. The van der Waals surface area contributed by atoms with Crippen LogP contribution in [0.2, 0.25) is 0 Å². The number of nitrogens with zero attached hydrogens (tertiary/aromatic N) is 2. The fraction of sp³-hybridized carbons (Fsp3) is 0.455. The van der Waals surface area contributed by atoms with E-state index < -0.39 is 6.10 Å². The van der Waals surface area contributed by atoms with Gasteiger partial charge in [0, 0.05) is 0 Å². The highest BCUT2D eigenvalue weighted by Crippen LogP contribution is 2.22. The summed E-state index contributed by atoms with van der Waals surface area (Å²) in [6.07, 6.45) is 2.40. The van der Waals surface area contributed by atoms with Crippen molar-refractivity contribution in [3.05, 3.63) is 23.9 Å². The van der Waals surface area contributed by atoms with E-state index in [1.54, 1.807) is 6.26 Å². The van der Waals surface area contributed by atoms with Crippen molar-refractivity contribution >= 4 is 0 Å². The molecule has 2 heterocycles. The lowest BCUT2D eigenvalue weighted by Crippen LogP contribution is -1.98. The van der Waals surface area contributed by atoms with Gasteiger partial charge in [-0.25, -0.2) is 0 Å². The van der Waals surface area contributed by atoms with Gasteiger partial charge in [0.15, 0.2) is 0 Å². The Hall–Kier alpha value is -1.62. The molecule has 1 atom stereocenters. The van der Waals surface area contributed by atoms with Crippen LogP contribution in [-0.2, 0) is 0 Å². The SMILES string of the molecule is CCCC(O)c1noc(-c2coc(C)c2)n1. The Morgan fingerprint density at radius 3 is 2.94 bits per heavy atom. The fourth-order valence-electron chi connectivity index (χ4n) is 1.45. The molecule has 86 valence electrons. The van der Waals surface area contributed by atoms with Crippen molar-refractivity contribution in [2.75, 3.05) is 0 Å². The van der Waals surface area contributed by atoms with E-state index in [-0.39, 0.29) is 0 Å². The summed E-state index contributed by atoms with van der Waals surface area (Å²) < 4.78 is 10.2. The van der Waals surface area contributed by atoms with Gasteiger partial charge in [-0.15, -0.1) is 0 Å². The molecular weight excluding hydrogens is 208 g/mol. The first-order valence-electron chi connectivity index (χ1n) is 5.28. The van der Waals surface area contributed by atoms with Crippen LogP contribution in [0.5, 0.6) is 0 Å². The number of hydrogen-bond donors (Lipinski definition) is 1. The van der Waals surface area contributed by atoms with Crippen molar-refractivity contribution in [1.82, 2.24) is 10.1 Å². The van der Waals surface area contributed by atoms with Gasteiger partial charge in [0.05, 0.1) is 5.56 Å². The van der Waals surface area contributed by atoms with Gasteiger partial charge in [-0.1, -0.05) is 18.5 Å². The molecule has 2 rings (SSSR count). The monoisotopic (exact) mass is 222 g/mol. The standard InChI is InChI=1S/C11H14N2O3/c1-3-4-9(14)10-12-11(16-13-10)8-5-7(2)15-6-8/h5-6,9,14H,3-4H2,1-2H3. The summed E-state index contributed by atoms with van der Waals surface area (Å²) in [6, 6.07) is 1.81. The minimum Gasteiger partial charge on any atom is -0.469 e. The van der Waals surface area contributed by atoms with Gasteiger partial charge in [-0.2, -0.15) is 4.98 Å². The van der Waals surface area contributed by atoms with Crippen LogP contribution in [0, 0.1) is 6.92 Å². The fourth-order valence-corrected chi connectivity index (χ4v) is 1.45. The molecule has 0 saturated heterocycles. The number of hydrogen-bond acceptors (Lipinski definition) is 5. The average Bonchev–Trinajstić information content (AvgIpc) is 2.85. The quantitative estimate of drug-likeness (QED) is 0.860. The minimum atomic E-state index is -0.657. The first-order valence-corrected chi connectivity index (χ1v) is 5.28. The third kappa shape index (κ3) is 2.14. The molecule has 16 heavy (non-hydrogen) atoms. The summed E-state index contributed by atoms with van der Waals surface area (Å²) >= 11 is 0. The second kappa shape index (κ2) is 4.49. The second-order valence-corrected chi connectivity index (χ2v) is 3.71. The van der Waals surface area contributed by atoms with Crippen molar-refractivity contribution in [3.8, 4) is 11.5 Å². The van der Waals surface area contributed by atoms with Gasteiger partial charge < -0.3 is 14.0 Å². The Morgan fingerprint density at radius 1 is 1.50 bits per heavy atom. The van der Waals surface area contributed by atoms with E-state index in [9.17, 15) is 5.11 Å². The maximum absolute atomic E-state index is 9.68. The molecule has 2 aromatic heterocycles. The van der Waals surface area contributed by atoms with Crippen molar-refractivity contribution in [2.45, 2.75) is 32.8 Å². The Balaban J connectivity index is 2.19. The number of rotatable bonds is 4. The van der Waals surface area contributed by atoms with Crippen LogP contribution in [-0.4, -0.2) is 15.2 Å². The largest absolute Gasteiger partial charge is 0.469 e. The van der Waals surface area contributed by atoms with E-state index in [1.165, 1.54) is 0 Å². The molecule has 0 spiro atoms. The zero-order chi connectivity index (χ0) is 11.5. The van der Waals surface area contributed by atoms with Crippen LogP contribution in [0.25, 0.3) is 11.5 Å². The molecule has 5 heteroatoms. The number of aryl methyl sites for hydroxylation is 1. The summed E-state index contributed by atoms with van der Waals surface area (Å²) in [7, 11) is 0. The Morgan fingerprint density at radius 2 is 2.31 bits per heavy atom. The third-order valence-corrected chi connectivity index (χ3v) is 2.28. The van der Waals surface area contributed by atoms with E-state index in [1.807, 2.05) is 19.9 Å². The number of aliphatic hydroxyl groups is 1. The van der Waals surface area contributed by atoms with Crippen LogP contribution in [0.3, 0.4) is 0 Å². The smallest absolute Gasteiger partial charge is 0.261 e. The molecule has 0 aliphatic carbocycles. The molecule has 1 N–H and O–H groups in total.